The number of hydrogen-bond acceptors (Lipinski definition) is 6. The highest BCUT2D eigenvalue weighted by atomic mass is 79.9. The van der Waals surface area contributed by atoms with Gasteiger partial charge in [-0.15, -0.1) is 0 Å². The maximum Gasteiger partial charge on any atom is 0.344 e. The Morgan fingerprint density at radius 2 is 1.60 bits per heavy atom. The lowest BCUT2D eigenvalue weighted by Gasteiger charge is -2.10. The van der Waals surface area contributed by atoms with Crippen molar-refractivity contribution in [2.75, 3.05) is 27.4 Å². The molecule has 0 heterocycles. The third-order valence-electron chi connectivity index (χ3n) is 3.24. The van der Waals surface area contributed by atoms with E-state index >= 15 is 0 Å². The first-order valence-corrected chi connectivity index (χ1v) is 8.12. The Hall–Kier alpha value is -2.54. The first-order valence-electron chi connectivity index (χ1n) is 7.32. The van der Waals surface area contributed by atoms with Crippen molar-refractivity contribution in [2.45, 2.75) is 0 Å². The fraction of sp³-hybridized carbons (Fsp3) is 0.222. The van der Waals surface area contributed by atoms with Gasteiger partial charge in [0.2, 0.25) is 5.78 Å². The fourth-order valence-corrected chi connectivity index (χ4v) is 2.23. The van der Waals surface area contributed by atoms with Crippen LogP contribution in [0.1, 0.15) is 10.4 Å². The quantitative estimate of drug-likeness (QED) is 0.493. The molecule has 0 bridgehead atoms. The van der Waals surface area contributed by atoms with Gasteiger partial charge in [0.25, 0.3) is 0 Å². The molecular weight excluding hydrogens is 392 g/mol. The van der Waals surface area contributed by atoms with Gasteiger partial charge in [0.05, 0.1) is 19.8 Å². The second-order valence-corrected chi connectivity index (χ2v) is 5.81. The average Bonchev–Trinajstić information content (AvgIpc) is 2.65. The van der Waals surface area contributed by atoms with E-state index < -0.39 is 18.4 Å². The predicted molar refractivity (Wildman–Crippen MR) is 94.5 cm³/mol. The second-order valence-electron chi connectivity index (χ2n) is 4.89. The van der Waals surface area contributed by atoms with Crippen LogP contribution < -0.4 is 14.2 Å². The first-order chi connectivity index (χ1) is 12.0. The van der Waals surface area contributed by atoms with E-state index in [1.807, 2.05) is 0 Å². The molecule has 6 nitrogen and oxygen atoms in total. The molecule has 0 atom stereocenters. The van der Waals surface area contributed by atoms with Gasteiger partial charge in [0, 0.05) is 4.47 Å². The van der Waals surface area contributed by atoms with Crippen molar-refractivity contribution >= 4 is 27.7 Å². The largest absolute Gasteiger partial charge is 0.497 e. The van der Waals surface area contributed by atoms with Gasteiger partial charge in [0.15, 0.2) is 13.2 Å². The van der Waals surface area contributed by atoms with Crippen molar-refractivity contribution in [1.29, 1.82) is 0 Å². The maximum atomic E-state index is 12.2. The molecule has 2 rings (SSSR count). The van der Waals surface area contributed by atoms with Crippen LogP contribution in [0.5, 0.6) is 17.2 Å². The third kappa shape index (κ3) is 5.49. The smallest absolute Gasteiger partial charge is 0.344 e. The molecule has 2 aromatic carbocycles. The van der Waals surface area contributed by atoms with E-state index in [0.29, 0.717) is 17.2 Å². The number of ether oxygens (including phenoxy) is 4. The van der Waals surface area contributed by atoms with Crippen LogP contribution in [-0.2, 0) is 9.53 Å². The molecule has 0 aliphatic carbocycles. The lowest BCUT2D eigenvalue weighted by atomic mass is 10.1. The van der Waals surface area contributed by atoms with E-state index in [0.717, 1.165) is 4.47 Å². The normalized spacial score (nSPS) is 10.0. The summed E-state index contributed by atoms with van der Waals surface area (Å²) >= 11 is 3.31. The van der Waals surface area contributed by atoms with E-state index in [1.165, 1.54) is 20.3 Å². The SMILES string of the molecule is COc1ccc(OC)c(C(=O)COC(=O)COc2ccc(Br)cc2)c1. The molecule has 0 saturated carbocycles. The number of carbonyl (C=O) groups excluding carboxylic acids is 2. The number of ketones is 1. The van der Waals surface area contributed by atoms with Gasteiger partial charge >= 0.3 is 5.97 Å². The Balaban J connectivity index is 1.88. The highest BCUT2D eigenvalue weighted by molar-refractivity contribution is 9.10. The predicted octanol–water partition coefficient (Wildman–Crippen LogP) is 3.27. The molecule has 7 heteroatoms. The van der Waals surface area contributed by atoms with Crippen LogP contribution in [0.4, 0.5) is 0 Å². The molecule has 132 valence electrons. The van der Waals surface area contributed by atoms with Crippen molar-refractivity contribution in [3.05, 3.63) is 52.5 Å². The Bertz CT molecular complexity index is 742. The topological polar surface area (TPSA) is 71.1 Å². The number of hydrogen-bond donors (Lipinski definition) is 0. The van der Waals surface area contributed by atoms with Gasteiger partial charge in [-0.05, 0) is 42.5 Å². The van der Waals surface area contributed by atoms with E-state index in [1.54, 1.807) is 36.4 Å². The lowest BCUT2D eigenvalue weighted by molar-refractivity contribution is -0.144. The summed E-state index contributed by atoms with van der Waals surface area (Å²) in [6, 6.07) is 11.8. The van der Waals surface area contributed by atoms with Crippen LogP contribution in [0.25, 0.3) is 0 Å². The minimum atomic E-state index is -0.641. The number of methoxy groups -OCH3 is 2. The summed E-state index contributed by atoms with van der Waals surface area (Å²) in [6.45, 7) is -0.698. The van der Waals surface area contributed by atoms with Gasteiger partial charge in [-0.3, -0.25) is 4.79 Å². The number of carbonyl (C=O) groups is 2. The van der Waals surface area contributed by atoms with Crippen LogP contribution in [0.15, 0.2) is 46.9 Å². The number of benzene rings is 2. The summed E-state index contributed by atoms with van der Waals surface area (Å²) in [7, 11) is 2.95. The summed E-state index contributed by atoms with van der Waals surface area (Å²) in [5, 5.41) is 0. The number of esters is 1. The monoisotopic (exact) mass is 408 g/mol. The summed E-state index contributed by atoms with van der Waals surface area (Å²) in [5.74, 6) is 0.383. The average molecular weight is 409 g/mol. The van der Waals surface area contributed by atoms with Gasteiger partial charge < -0.3 is 18.9 Å². The zero-order chi connectivity index (χ0) is 18.2. The highest BCUT2D eigenvalue weighted by Crippen LogP contribution is 2.24. The van der Waals surface area contributed by atoms with Crippen LogP contribution in [0, 0.1) is 0 Å². The van der Waals surface area contributed by atoms with E-state index in [-0.39, 0.29) is 12.2 Å². The summed E-state index contributed by atoms with van der Waals surface area (Å²) in [6.07, 6.45) is 0. The van der Waals surface area contributed by atoms with Crippen molar-refractivity contribution in [1.82, 2.24) is 0 Å². The maximum absolute atomic E-state index is 12.2. The molecule has 0 amide bonds. The zero-order valence-corrected chi connectivity index (χ0v) is 15.4. The molecule has 0 fully saturated rings. The van der Waals surface area contributed by atoms with Crippen LogP contribution in [0.3, 0.4) is 0 Å². The molecule has 0 N–H and O–H groups in total. The minimum Gasteiger partial charge on any atom is -0.497 e. The molecular formula is C18H17BrO6. The van der Waals surface area contributed by atoms with E-state index in [4.69, 9.17) is 18.9 Å². The fourth-order valence-electron chi connectivity index (χ4n) is 1.97. The van der Waals surface area contributed by atoms with Gasteiger partial charge in [-0.2, -0.15) is 0 Å². The molecule has 25 heavy (non-hydrogen) atoms. The van der Waals surface area contributed by atoms with E-state index in [9.17, 15) is 9.59 Å². The molecule has 0 unspecified atom stereocenters. The number of Topliss-reactive ketones (excluding diaryl/α,β-unsaturated/α-hetero) is 1. The Labute approximate surface area is 153 Å². The van der Waals surface area contributed by atoms with Crippen LogP contribution >= 0.6 is 15.9 Å². The van der Waals surface area contributed by atoms with Crippen molar-refractivity contribution < 1.29 is 28.5 Å². The Morgan fingerprint density at radius 1 is 0.920 bits per heavy atom. The lowest BCUT2D eigenvalue weighted by Crippen LogP contribution is -2.20. The second kappa shape index (κ2) is 9.08. The van der Waals surface area contributed by atoms with Crippen molar-refractivity contribution in [3.63, 3.8) is 0 Å². The minimum absolute atomic E-state index is 0.281. The first kappa shape index (κ1) is 18.8. The molecule has 0 radical (unpaired) electrons. The Kier molecular flexibility index (Phi) is 6.82. The highest BCUT2D eigenvalue weighted by Gasteiger charge is 2.16. The summed E-state index contributed by atoms with van der Waals surface area (Å²) in [4.78, 5) is 24.0. The molecule has 0 spiro atoms. The zero-order valence-electron chi connectivity index (χ0n) is 13.8. The van der Waals surface area contributed by atoms with Gasteiger partial charge in [-0.25, -0.2) is 4.79 Å². The van der Waals surface area contributed by atoms with Crippen LogP contribution in [-0.4, -0.2) is 39.2 Å². The Morgan fingerprint density at radius 3 is 2.24 bits per heavy atom. The van der Waals surface area contributed by atoms with Crippen molar-refractivity contribution in [3.8, 4) is 17.2 Å². The summed E-state index contributed by atoms with van der Waals surface area (Å²) in [5.41, 5.74) is 0.281. The van der Waals surface area contributed by atoms with Gasteiger partial charge in [-0.1, -0.05) is 15.9 Å². The molecule has 0 saturated heterocycles. The van der Waals surface area contributed by atoms with E-state index in [2.05, 4.69) is 15.9 Å². The number of halogens is 1. The third-order valence-corrected chi connectivity index (χ3v) is 3.77. The van der Waals surface area contributed by atoms with Crippen LogP contribution in [0.2, 0.25) is 0 Å². The molecule has 0 aliphatic heterocycles. The number of rotatable bonds is 8. The molecule has 0 aliphatic rings. The molecule has 0 aromatic heterocycles. The standard InChI is InChI=1S/C18H17BrO6/c1-22-14-7-8-17(23-2)15(9-14)16(20)10-25-18(21)11-24-13-5-3-12(19)4-6-13/h3-9H,10-11H2,1-2H3. The summed E-state index contributed by atoms with van der Waals surface area (Å²) < 4.78 is 21.4. The van der Waals surface area contributed by atoms with Gasteiger partial charge in [0.1, 0.15) is 17.2 Å². The molecule has 2 aromatic rings. The van der Waals surface area contributed by atoms with Crippen molar-refractivity contribution in [2.24, 2.45) is 0 Å².